The molecule has 1 aromatic rings. The molecule has 0 atom stereocenters. The summed E-state index contributed by atoms with van der Waals surface area (Å²) in [6.45, 7) is 2.88. The zero-order chi connectivity index (χ0) is 10.4. The van der Waals surface area contributed by atoms with Crippen LogP contribution in [-0.2, 0) is 0 Å². The largest absolute Gasteiger partial charge is 0.492 e. The monoisotopic (exact) mass is 232 g/mol. The third-order valence-electron chi connectivity index (χ3n) is 1.90. The van der Waals surface area contributed by atoms with Gasteiger partial charge in [-0.2, -0.15) is 0 Å². The van der Waals surface area contributed by atoms with Crippen molar-refractivity contribution in [2.45, 2.75) is 26.2 Å². The van der Waals surface area contributed by atoms with Crippen LogP contribution >= 0.6 is 23.2 Å². The van der Waals surface area contributed by atoms with Crippen LogP contribution in [0, 0.1) is 0 Å². The Bertz CT molecular complexity index is 287. The van der Waals surface area contributed by atoms with E-state index in [1.807, 2.05) is 0 Å². The molecule has 0 fully saturated rings. The molecule has 0 N–H and O–H groups in total. The maximum atomic E-state index is 5.93. The Labute approximate surface area is 95.0 Å². The van der Waals surface area contributed by atoms with Crippen molar-refractivity contribution >= 4 is 23.2 Å². The van der Waals surface area contributed by atoms with Crippen molar-refractivity contribution in [2.24, 2.45) is 0 Å². The Hall–Kier alpha value is -0.400. The molecule has 0 spiro atoms. The lowest BCUT2D eigenvalue weighted by Gasteiger charge is -2.07. The van der Waals surface area contributed by atoms with Gasteiger partial charge in [0.1, 0.15) is 5.75 Å². The molecule has 0 unspecified atom stereocenters. The highest BCUT2D eigenvalue weighted by Crippen LogP contribution is 2.27. The highest BCUT2D eigenvalue weighted by Gasteiger charge is 2.01. The van der Waals surface area contributed by atoms with Gasteiger partial charge in [0.25, 0.3) is 0 Å². The first-order valence-corrected chi connectivity index (χ1v) is 5.57. The standard InChI is InChI=1S/C11H14Cl2O/c1-2-3-4-7-14-11-6-5-9(12)8-10(11)13/h5-6,8H,2-4,7H2,1H3. The van der Waals surface area contributed by atoms with Gasteiger partial charge in [-0.1, -0.05) is 43.0 Å². The summed E-state index contributed by atoms with van der Waals surface area (Å²) >= 11 is 11.7. The van der Waals surface area contributed by atoms with E-state index in [0.717, 1.165) is 13.0 Å². The fourth-order valence-corrected chi connectivity index (χ4v) is 1.59. The molecule has 0 aromatic heterocycles. The maximum Gasteiger partial charge on any atom is 0.137 e. The molecular formula is C11H14Cl2O. The van der Waals surface area contributed by atoms with Crippen molar-refractivity contribution in [3.8, 4) is 5.75 Å². The van der Waals surface area contributed by atoms with Crippen LogP contribution in [0.2, 0.25) is 10.0 Å². The van der Waals surface area contributed by atoms with Gasteiger partial charge < -0.3 is 4.74 Å². The van der Waals surface area contributed by atoms with Crippen LogP contribution in [-0.4, -0.2) is 6.61 Å². The van der Waals surface area contributed by atoms with E-state index in [4.69, 9.17) is 27.9 Å². The lowest BCUT2D eigenvalue weighted by molar-refractivity contribution is 0.306. The van der Waals surface area contributed by atoms with Gasteiger partial charge >= 0.3 is 0 Å². The van der Waals surface area contributed by atoms with Gasteiger partial charge in [-0.3, -0.25) is 0 Å². The molecule has 0 aliphatic heterocycles. The summed E-state index contributed by atoms with van der Waals surface area (Å²) in [5, 5.41) is 1.21. The molecule has 1 aromatic carbocycles. The molecule has 0 bridgehead atoms. The van der Waals surface area contributed by atoms with Crippen molar-refractivity contribution < 1.29 is 4.74 Å². The van der Waals surface area contributed by atoms with Crippen LogP contribution in [0.25, 0.3) is 0 Å². The number of rotatable bonds is 5. The van der Waals surface area contributed by atoms with Crippen molar-refractivity contribution in [1.29, 1.82) is 0 Å². The quantitative estimate of drug-likeness (QED) is 0.677. The molecule has 0 amide bonds. The van der Waals surface area contributed by atoms with E-state index in [2.05, 4.69) is 6.92 Å². The van der Waals surface area contributed by atoms with E-state index in [9.17, 15) is 0 Å². The highest BCUT2D eigenvalue weighted by molar-refractivity contribution is 6.35. The molecule has 0 aliphatic rings. The first kappa shape index (κ1) is 11.7. The van der Waals surface area contributed by atoms with E-state index in [1.165, 1.54) is 12.8 Å². The van der Waals surface area contributed by atoms with E-state index in [1.54, 1.807) is 18.2 Å². The fraction of sp³-hybridized carbons (Fsp3) is 0.455. The SMILES string of the molecule is CCCCCOc1ccc(Cl)cc1Cl. The summed E-state index contributed by atoms with van der Waals surface area (Å²) < 4.78 is 5.50. The minimum Gasteiger partial charge on any atom is -0.492 e. The predicted octanol–water partition coefficient (Wildman–Crippen LogP) is 4.56. The Balaban J connectivity index is 2.42. The molecule has 1 nitrogen and oxygen atoms in total. The highest BCUT2D eigenvalue weighted by atomic mass is 35.5. The minimum atomic E-state index is 0.578. The number of hydrogen-bond donors (Lipinski definition) is 0. The van der Waals surface area contributed by atoms with Crippen LogP contribution in [0.15, 0.2) is 18.2 Å². The Morgan fingerprint density at radius 2 is 2.00 bits per heavy atom. The predicted molar refractivity (Wildman–Crippen MR) is 61.5 cm³/mol. The van der Waals surface area contributed by atoms with E-state index < -0.39 is 0 Å². The number of halogens is 2. The van der Waals surface area contributed by atoms with Gasteiger partial charge in [-0.05, 0) is 24.6 Å². The van der Waals surface area contributed by atoms with E-state index >= 15 is 0 Å². The number of ether oxygens (including phenoxy) is 1. The molecule has 1 rings (SSSR count). The van der Waals surface area contributed by atoms with Crippen molar-refractivity contribution in [3.05, 3.63) is 28.2 Å². The third-order valence-corrected chi connectivity index (χ3v) is 2.43. The number of benzene rings is 1. The first-order valence-electron chi connectivity index (χ1n) is 4.82. The van der Waals surface area contributed by atoms with E-state index in [0.29, 0.717) is 15.8 Å². The molecule has 0 heterocycles. The van der Waals surface area contributed by atoms with Crippen molar-refractivity contribution in [3.63, 3.8) is 0 Å². The molecule has 0 aliphatic carbocycles. The molecule has 78 valence electrons. The zero-order valence-corrected chi connectivity index (χ0v) is 9.74. The lowest BCUT2D eigenvalue weighted by atomic mass is 10.3. The van der Waals surface area contributed by atoms with Gasteiger partial charge in [0.05, 0.1) is 11.6 Å². The molecular weight excluding hydrogens is 219 g/mol. The second-order valence-electron chi connectivity index (χ2n) is 3.13. The van der Waals surface area contributed by atoms with Crippen LogP contribution in [0.4, 0.5) is 0 Å². The second kappa shape index (κ2) is 6.15. The summed E-state index contributed by atoms with van der Waals surface area (Å²) in [6.07, 6.45) is 3.44. The molecule has 0 saturated carbocycles. The molecule has 0 saturated heterocycles. The summed E-state index contributed by atoms with van der Waals surface area (Å²) in [5.41, 5.74) is 0. The smallest absolute Gasteiger partial charge is 0.137 e. The average molecular weight is 233 g/mol. The first-order chi connectivity index (χ1) is 6.74. The maximum absolute atomic E-state index is 5.93. The Morgan fingerprint density at radius 1 is 1.21 bits per heavy atom. The van der Waals surface area contributed by atoms with Gasteiger partial charge in [0, 0.05) is 5.02 Å². The number of hydrogen-bond acceptors (Lipinski definition) is 1. The lowest BCUT2D eigenvalue weighted by Crippen LogP contribution is -1.97. The third kappa shape index (κ3) is 3.77. The van der Waals surface area contributed by atoms with Gasteiger partial charge in [-0.25, -0.2) is 0 Å². The minimum absolute atomic E-state index is 0.578. The topological polar surface area (TPSA) is 9.23 Å². The fourth-order valence-electron chi connectivity index (χ4n) is 1.13. The molecule has 14 heavy (non-hydrogen) atoms. The van der Waals surface area contributed by atoms with Gasteiger partial charge in [0.2, 0.25) is 0 Å². The second-order valence-corrected chi connectivity index (χ2v) is 3.97. The van der Waals surface area contributed by atoms with E-state index in [-0.39, 0.29) is 0 Å². The van der Waals surface area contributed by atoms with Crippen molar-refractivity contribution in [2.75, 3.05) is 6.61 Å². The van der Waals surface area contributed by atoms with Gasteiger partial charge in [-0.15, -0.1) is 0 Å². The summed E-state index contributed by atoms with van der Waals surface area (Å²) in [5.74, 6) is 0.715. The molecule has 0 radical (unpaired) electrons. The Morgan fingerprint density at radius 3 is 2.64 bits per heavy atom. The van der Waals surface area contributed by atoms with Gasteiger partial charge in [0.15, 0.2) is 0 Å². The van der Waals surface area contributed by atoms with Crippen LogP contribution < -0.4 is 4.74 Å². The van der Waals surface area contributed by atoms with Crippen molar-refractivity contribution in [1.82, 2.24) is 0 Å². The average Bonchev–Trinajstić information content (AvgIpc) is 2.15. The summed E-state index contributed by atoms with van der Waals surface area (Å²) in [6, 6.07) is 5.28. The Kier molecular flexibility index (Phi) is 5.13. The number of unbranched alkanes of at least 4 members (excludes halogenated alkanes) is 2. The van der Waals surface area contributed by atoms with Crippen LogP contribution in [0.5, 0.6) is 5.75 Å². The van der Waals surface area contributed by atoms with Crippen LogP contribution in [0.3, 0.4) is 0 Å². The van der Waals surface area contributed by atoms with Crippen LogP contribution in [0.1, 0.15) is 26.2 Å². The summed E-state index contributed by atoms with van der Waals surface area (Å²) in [7, 11) is 0. The summed E-state index contributed by atoms with van der Waals surface area (Å²) in [4.78, 5) is 0. The molecule has 3 heteroatoms. The zero-order valence-electron chi connectivity index (χ0n) is 8.22. The normalized spacial score (nSPS) is 10.2.